The van der Waals surface area contributed by atoms with Crippen LogP contribution < -0.4 is 4.74 Å². The number of methoxy groups -OCH3 is 1. The maximum atomic E-state index is 5.65. The van der Waals surface area contributed by atoms with Crippen LogP contribution in [0.15, 0.2) is 48.5 Å². The van der Waals surface area contributed by atoms with Gasteiger partial charge >= 0.3 is 0 Å². The molecule has 0 amide bonds. The molecule has 0 saturated carbocycles. The molecule has 0 spiro atoms. The van der Waals surface area contributed by atoms with Gasteiger partial charge in [0.25, 0.3) is 0 Å². The van der Waals surface area contributed by atoms with Crippen LogP contribution >= 0.6 is 12.2 Å². The molecule has 0 N–H and O–H groups in total. The molecule has 0 saturated heterocycles. The van der Waals surface area contributed by atoms with Gasteiger partial charge in [-0.25, -0.2) is 4.68 Å². The largest absolute Gasteiger partial charge is 0.497 e. The second-order valence-electron chi connectivity index (χ2n) is 7.05. The van der Waals surface area contributed by atoms with Crippen LogP contribution in [0.5, 0.6) is 5.75 Å². The normalized spacial score (nSPS) is 15.9. The molecule has 6 heteroatoms. The van der Waals surface area contributed by atoms with E-state index in [-0.39, 0.29) is 0 Å². The highest BCUT2D eigenvalue weighted by Gasteiger charge is 2.26. The Labute approximate surface area is 164 Å². The van der Waals surface area contributed by atoms with Crippen molar-refractivity contribution in [1.29, 1.82) is 0 Å². The Kier molecular flexibility index (Phi) is 4.85. The average molecular weight is 381 g/mol. The van der Waals surface area contributed by atoms with Crippen LogP contribution in [0.4, 0.5) is 0 Å². The Morgan fingerprint density at radius 1 is 1.22 bits per heavy atom. The van der Waals surface area contributed by atoms with E-state index in [0.29, 0.717) is 17.5 Å². The molecule has 1 atom stereocenters. The van der Waals surface area contributed by atoms with Crippen molar-refractivity contribution >= 4 is 12.2 Å². The molecule has 2 aromatic carbocycles. The van der Waals surface area contributed by atoms with E-state index in [2.05, 4.69) is 36.2 Å². The van der Waals surface area contributed by atoms with Gasteiger partial charge in [0.1, 0.15) is 5.75 Å². The molecule has 1 aliphatic carbocycles. The maximum Gasteiger partial charge on any atom is 0.199 e. The van der Waals surface area contributed by atoms with E-state index in [1.807, 2.05) is 40.6 Å². The predicted octanol–water partition coefficient (Wildman–Crippen LogP) is 4.20. The van der Waals surface area contributed by atoms with E-state index in [0.717, 1.165) is 30.0 Å². The summed E-state index contributed by atoms with van der Waals surface area (Å²) in [6.07, 6.45) is 2.27. The fourth-order valence-corrected chi connectivity index (χ4v) is 4.08. The Hall–Kier alpha value is -2.44. The number of aromatic nitrogens is 3. The van der Waals surface area contributed by atoms with Gasteiger partial charge in [-0.1, -0.05) is 36.4 Å². The van der Waals surface area contributed by atoms with Crippen molar-refractivity contribution in [2.75, 3.05) is 14.2 Å². The molecular weight excluding hydrogens is 356 g/mol. The highest BCUT2D eigenvalue weighted by Crippen LogP contribution is 2.35. The second-order valence-corrected chi connectivity index (χ2v) is 7.41. The fraction of sp³-hybridized carbons (Fsp3) is 0.333. The molecule has 1 unspecified atom stereocenters. The first-order valence-corrected chi connectivity index (χ1v) is 9.55. The number of hydrogen-bond donors (Lipinski definition) is 0. The zero-order chi connectivity index (χ0) is 19.0. The van der Waals surface area contributed by atoms with E-state index >= 15 is 0 Å². The van der Waals surface area contributed by atoms with Crippen molar-refractivity contribution < 1.29 is 4.74 Å². The van der Waals surface area contributed by atoms with Crippen molar-refractivity contribution in [3.8, 4) is 17.1 Å². The molecule has 1 aliphatic rings. The van der Waals surface area contributed by atoms with E-state index in [1.54, 1.807) is 7.11 Å². The molecule has 1 aromatic heterocycles. The third-order valence-electron chi connectivity index (χ3n) is 5.36. The molecular formula is C21H24N4OS. The summed E-state index contributed by atoms with van der Waals surface area (Å²) in [4.78, 5) is 2.34. The maximum absolute atomic E-state index is 5.65. The molecule has 0 bridgehead atoms. The van der Waals surface area contributed by atoms with Gasteiger partial charge in [0.05, 0.1) is 13.8 Å². The SMILES string of the molecule is COc1cccc(-c2nn(CN(C)C3CCc4ccccc43)c(=S)n2C)c1. The van der Waals surface area contributed by atoms with Crippen LogP contribution in [0.1, 0.15) is 23.6 Å². The van der Waals surface area contributed by atoms with Crippen LogP contribution in [0, 0.1) is 4.77 Å². The summed E-state index contributed by atoms with van der Waals surface area (Å²) in [5.41, 5.74) is 3.88. The summed E-state index contributed by atoms with van der Waals surface area (Å²) in [6, 6.07) is 17.0. The zero-order valence-corrected chi connectivity index (χ0v) is 16.7. The molecule has 0 radical (unpaired) electrons. The first-order valence-electron chi connectivity index (χ1n) is 9.15. The number of nitrogens with zero attached hydrogens (tertiary/aromatic N) is 4. The average Bonchev–Trinajstić information content (AvgIpc) is 3.25. The van der Waals surface area contributed by atoms with Crippen molar-refractivity contribution in [1.82, 2.24) is 19.2 Å². The highest BCUT2D eigenvalue weighted by atomic mass is 32.1. The summed E-state index contributed by atoms with van der Waals surface area (Å²) in [5, 5.41) is 4.80. The van der Waals surface area contributed by atoms with Gasteiger partial charge in [0.15, 0.2) is 10.6 Å². The highest BCUT2D eigenvalue weighted by molar-refractivity contribution is 7.71. The molecule has 3 aromatic rings. The van der Waals surface area contributed by atoms with Gasteiger partial charge in [0.2, 0.25) is 0 Å². The summed E-state index contributed by atoms with van der Waals surface area (Å²) in [7, 11) is 5.78. The monoisotopic (exact) mass is 380 g/mol. The van der Waals surface area contributed by atoms with Crippen LogP contribution in [0.3, 0.4) is 0 Å². The Morgan fingerprint density at radius 3 is 2.85 bits per heavy atom. The van der Waals surface area contributed by atoms with E-state index < -0.39 is 0 Å². The number of ether oxygens (including phenoxy) is 1. The number of hydrogen-bond acceptors (Lipinski definition) is 4. The molecule has 27 heavy (non-hydrogen) atoms. The molecule has 5 nitrogen and oxygen atoms in total. The fourth-order valence-electron chi connectivity index (χ4n) is 3.90. The molecule has 0 fully saturated rings. The first kappa shape index (κ1) is 17.9. The third kappa shape index (κ3) is 3.31. The number of rotatable bonds is 5. The third-order valence-corrected chi connectivity index (χ3v) is 5.84. The molecule has 140 valence electrons. The van der Waals surface area contributed by atoms with Gasteiger partial charge in [-0.05, 0) is 55.4 Å². The summed E-state index contributed by atoms with van der Waals surface area (Å²) < 4.78 is 9.92. The lowest BCUT2D eigenvalue weighted by molar-refractivity contribution is 0.182. The molecule has 4 rings (SSSR count). The van der Waals surface area contributed by atoms with E-state index in [1.165, 1.54) is 11.1 Å². The van der Waals surface area contributed by atoms with Crippen LogP contribution in [-0.4, -0.2) is 33.4 Å². The quantitative estimate of drug-likeness (QED) is 0.622. The molecule has 0 aliphatic heterocycles. The van der Waals surface area contributed by atoms with E-state index in [4.69, 9.17) is 22.1 Å². The summed E-state index contributed by atoms with van der Waals surface area (Å²) in [5.74, 6) is 1.66. The number of aryl methyl sites for hydroxylation is 1. The van der Waals surface area contributed by atoms with Crippen LogP contribution in [0.2, 0.25) is 0 Å². The smallest absolute Gasteiger partial charge is 0.199 e. The van der Waals surface area contributed by atoms with Gasteiger partial charge in [-0.3, -0.25) is 4.90 Å². The topological polar surface area (TPSA) is 35.2 Å². The van der Waals surface area contributed by atoms with Crippen molar-refractivity contribution in [3.05, 3.63) is 64.4 Å². The first-order chi connectivity index (χ1) is 13.1. The van der Waals surface area contributed by atoms with Crippen molar-refractivity contribution in [3.63, 3.8) is 0 Å². The summed E-state index contributed by atoms with van der Waals surface area (Å²) >= 11 is 5.65. The number of benzene rings is 2. The lowest BCUT2D eigenvalue weighted by Crippen LogP contribution is -2.26. The van der Waals surface area contributed by atoms with E-state index in [9.17, 15) is 0 Å². The minimum Gasteiger partial charge on any atom is -0.497 e. The Balaban J connectivity index is 1.61. The Bertz CT molecular complexity index is 1020. The van der Waals surface area contributed by atoms with Gasteiger partial charge in [0, 0.05) is 18.7 Å². The van der Waals surface area contributed by atoms with Gasteiger partial charge in [-0.2, -0.15) is 5.10 Å². The summed E-state index contributed by atoms with van der Waals surface area (Å²) in [6.45, 7) is 0.662. The predicted molar refractivity (Wildman–Crippen MR) is 109 cm³/mol. The lowest BCUT2D eigenvalue weighted by atomic mass is 10.1. The van der Waals surface area contributed by atoms with Crippen molar-refractivity contribution in [2.24, 2.45) is 7.05 Å². The molecule has 1 heterocycles. The minimum atomic E-state index is 0.408. The number of fused-ring (bicyclic) bond motifs is 1. The standard InChI is InChI=1S/C21H24N4OS/c1-23(19-12-11-15-7-4-5-10-18(15)19)14-25-21(27)24(2)20(22-25)16-8-6-9-17(13-16)26-3/h4-10,13,19H,11-12,14H2,1-3H3. The van der Waals surface area contributed by atoms with Gasteiger partial charge < -0.3 is 9.30 Å². The Morgan fingerprint density at radius 2 is 2.04 bits per heavy atom. The second kappa shape index (κ2) is 7.29. The van der Waals surface area contributed by atoms with Crippen molar-refractivity contribution in [2.45, 2.75) is 25.6 Å². The minimum absolute atomic E-state index is 0.408. The van der Waals surface area contributed by atoms with Crippen LogP contribution in [0.25, 0.3) is 11.4 Å². The lowest BCUT2D eigenvalue weighted by Gasteiger charge is -2.24. The van der Waals surface area contributed by atoms with Gasteiger partial charge in [-0.15, -0.1) is 0 Å². The van der Waals surface area contributed by atoms with Crippen LogP contribution in [-0.2, 0) is 20.1 Å². The zero-order valence-electron chi connectivity index (χ0n) is 15.9.